The smallest absolute Gasteiger partial charge is 0.349 e. The highest BCUT2D eigenvalue weighted by atomic mass is 32.1. The Morgan fingerprint density at radius 2 is 1.79 bits per heavy atom. The van der Waals surface area contributed by atoms with E-state index in [0.29, 0.717) is 27.6 Å². The number of esters is 1. The first-order chi connectivity index (χ1) is 15.9. The van der Waals surface area contributed by atoms with Crippen LogP contribution >= 0.6 is 22.7 Å². The number of fused-ring (bicyclic) bond motifs is 2. The van der Waals surface area contributed by atoms with E-state index in [-0.39, 0.29) is 6.10 Å². The van der Waals surface area contributed by atoms with E-state index in [4.69, 9.17) is 9.47 Å². The van der Waals surface area contributed by atoms with Gasteiger partial charge in [0.1, 0.15) is 6.10 Å². The second-order valence-electron chi connectivity index (χ2n) is 10.7. The Labute approximate surface area is 204 Å². The Kier molecular flexibility index (Phi) is 6.71. The molecule has 3 fully saturated rings. The van der Waals surface area contributed by atoms with E-state index in [2.05, 4.69) is 14.1 Å². The first-order valence-corrected chi connectivity index (χ1v) is 14.1. The molecule has 0 aromatic carbocycles. The van der Waals surface area contributed by atoms with Crippen molar-refractivity contribution in [1.82, 2.24) is 0 Å². The van der Waals surface area contributed by atoms with Gasteiger partial charge in [-0.1, -0.05) is 12.1 Å². The van der Waals surface area contributed by atoms with Gasteiger partial charge >= 0.3 is 5.97 Å². The average Bonchev–Trinajstić information content (AvgIpc) is 3.62. The number of carbonyl (C=O) groups is 1. The molecule has 1 N–H and O–H groups in total. The summed E-state index contributed by atoms with van der Waals surface area (Å²) in [5.41, 5.74) is -1.72. The SMILES string of the molecule is C[N+](C)(CCC1CCOCC1)C1C2CCC1C(OC(=O)C(O)(c1cccs1)c1cccs1)C2. The summed E-state index contributed by atoms with van der Waals surface area (Å²) in [4.78, 5) is 14.8. The van der Waals surface area contributed by atoms with Crippen molar-refractivity contribution in [3.05, 3.63) is 44.8 Å². The average molecular weight is 491 g/mol. The Bertz CT molecular complexity index is 886. The molecule has 0 radical (unpaired) electrons. The van der Waals surface area contributed by atoms with Gasteiger partial charge in [0.05, 0.1) is 36.4 Å². The zero-order valence-corrected chi connectivity index (χ0v) is 21.3. The van der Waals surface area contributed by atoms with Gasteiger partial charge in [0.2, 0.25) is 5.60 Å². The second-order valence-corrected chi connectivity index (χ2v) is 12.6. The highest BCUT2D eigenvalue weighted by molar-refractivity contribution is 7.12. The van der Waals surface area contributed by atoms with Crippen LogP contribution in [-0.4, -0.2) is 61.6 Å². The van der Waals surface area contributed by atoms with E-state index < -0.39 is 11.6 Å². The molecule has 180 valence electrons. The lowest BCUT2D eigenvalue weighted by atomic mass is 9.94. The van der Waals surface area contributed by atoms with Gasteiger partial charge in [0.15, 0.2) is 0 Å². The van der Waals surface area contributed by atoms with Crippen LogP contribution in [0.4, 0.5) is 0 Å². The quantitative estimate of drug-likeness (QED) is 0.432. The normalized spacial score (nSPS) is 28.3. The number of carbonyl (C=O) groups excluding carboxylic acids is 1. The van der Waals surface area contributed by atoms with Crippen LogP contribution in [0.3, 0.4) is 0 Å². The molecule has 3 heterocycles. The maximum Gasteiger partial charge on any atom is 0.349 e. The van der Waals surface area contributed by atoms with E-state index >= 15 is 0 Å². The van der Waals surface area contributed by atoms with Crippen molar-refractivity contribution >= 4 is 28.6 Å². The van der Waals surface area contributed by atoms with Gasteiger partial charge < -0.3 is 19.1 Å². The number of aliphatic hydroxyl groups is 1. The molecule has 5 rings (SSSR count). The molecule has 5 nitrogen and oxygen atoms in total. The summed E-state index contributed by atoms with van der Waals surface area (Å²) in [5, 5.41) is 15.4. The predicted octanol–water partition coefficient (Wildman–Crippen LogP) is 4.65. The van der Waals surface area contributed by atoms with Gasteiger partial charge in [-0.15, -0.1) is 22.7 Å². The molecular formula is C26H36NO4S2+. The third kappa shape index (κ3) is 4.43. The van der Waals surface area contributed by atoms with Crippen molar-refractivity contribution in [2.24, 2.45) is 17.8 Å². The van der Waals surface area contributed by atoms with E-state index in [1.807, 2.05) is 35.0 Å². The maximum atomic E-state index is 13.5. The van der Waals surface area contributed by atoms with Crippen molar-refractivity contribution < 1.29 is 23.9 Å². The van der Waals surface area contributed by atoms with Gasteiger partial charge in [-0.3, -0.25) is 0 Å². The van der Waals surface area contributed by atoms with Gasteiger partial charge in [0, 0.05) is 25.0 Å². The molecule has 0 amide bonds. The van der Waals surface area contributed by atoms with Crippen LogP contribution in [0.5, 0.6) is 0 Å². The summed E-state index contributed by atoms with van der Waals surface area (Å²) in [6.07, 6.45) is 6.76. The molecule has 2 aromatic heterocycles. The van der Waals surface area contributed by atoms with Crippen LogP contribution in [0, 0.1) is 17.8 Å². The molecule has 1 saturated heterocycles. The van der Waals surface area contributed by atoms with Crippen LogP contribution in [-0.2, 0) is 19.9 Å². The fourth-order valence-corrected chi connectivity index (χ4v) is 8.39. The second kappa shape index (κ2) is 9.42. The van der Waals surface area contributed by atoms with Gasteiger partial charge in [-0.05, 0) is 67.3 Å². The first-order valence-electron chi connectivity index (χ1n) is 12.3. The molecule has 0 spiro atoms. The summed E-state index contributed by atoms with van der Waals surface area (Å²) in [6, 6.07) is 7.92. The van der Waals surface area contributed by atoms with E-state index in [9.17, 15) is 9.90 Å². The molecule has 2 saturated carbocycles. The molecular weight excluding hydrogens is 454 g/mol. The monoisotopic (exact) mass is 490 g/mol. The third-order valence-corrected chi connectivity index (χ3v) is 10.3. The van der Waals surface area contributed by atoms with Crippen molar-refractivity contribution in [3.63, 3.8) is 0 Å². The number of nitrogens with zero attached hydrogens (tertiary/aromatic N) is 1. The van der Waals surface area contributed by atoms with Crippen molar-refractivity contribution in [1.29, 1.82) is 0 Å². The molecule has 2 aromatic rings. The Morgan fingerprint density at radius 3 is 2.39 bits per heavy atom. The lowest BCUT2D eigenvalue weighted by Gasteiger charge is -2.40. The fourth-order valence-electron chi connectivity index (χ4n) is 6.67. The van der Waals surface area contributed by atoms with E-state index in [1.54, 1.807) is 0 Å². The molecule has 1 aliphatic heterocycles. The number of ether oxygens (including phenoxy) is 2. The highest BCUT2D eigenvalue weighted by Gasteiger charge is 2.58. The first kappa shape index (κ1) is 23.5. The topological polar surface area (TPSA) is 55.8 Å². The van der Waals surface area contributed by atoms with Gasteiger partial charge in [-0.2, -0.15) is 0 Å². The molecule has 2 aliphatic carbocycles. The fraction of sp³-hybridized carbons (Fsp3) is 0.654. The van der Waals surface area contributed by atoms with Crippen molar-refractivity contribution in [3.8, 4) is 0 Å². The van der Waals surface area contributed by atoms with Crippen LogP contribution in [0.15, 0.2) is 35.0 Å². The van der Waals surface area contributed by atoms with Crippen LogP contribution in [0.25, 0.3) is 0 Å². The summed E-state index contributed by atoms with van der Waals surface area (Å²) in [5.74, 6) is 1.22. The predicted molar refractivity (Wildman–Crippen MR) is 131 cm³/mol. The van der Waals surface area contributed by atoms with Crippen LogP contribution in [0.2, 0.25) is 0 Å². The molecule has 4 atom stereocenters. The Morgan fingerprint density at radius 1 is 1.12 bits per heavy atom. The van der Waals surface area contributed by atoms with Gasteiger partial charge in [-0.25, -0.2) is 4.79 Å². The molecule has 7 heteroatoms. The molecule has 33 heavy (non-hydrogen) atoms. The Hall–Kier alpha value is -1.25. The molecule has 4 unspecified atom stereocenters. The highest BCUT2D eigenvalue weighted by Crippen LogP contribution is 2.51. The van der Waals surface area contributed by atoms with E-state index in [1.165, 1.54) is 48.4 Å². The van der Waals surface area contributed by atoms with Crippen LogP contribution < -0.4 is 0 Å². The summed E-state index contributed by atoms with van der Waals surface area (Å²) in [7, 11) is 4.74. The minimum absolute atomic E-state index is 0.104. The largest absolute Gasteiger partial charge is 0.459 e. The Balaban J connectivity index is 1.28. The van der Waals surface area contributed by atoms with Crippen molar-refractivity contribution in [2.75, 3.05) is 33.9 Å². The number of hydrogen-bond donors (Lipinski definition) is 1. The summed E-state index contributed by atoms with van der Waals surface area (Å²) < 4.78 is 12.7. The molecule has 2 bridgehead atoms. The minimum atomic E-state index is -1.72. The number of quaternary nitrogens is 1. The summed E-state index contributed by atoms with van der Waals surface area (Å²) >= 11 is 2.80. The standard InChI is InChI=1S/C26H36NO4S2/c1-27(2,12-9-18-10-13-30-14-11-18)24-19-7-8-20(24)21(17-19)31-25(28)26(29,22-5-3-15-32-22)23-6-4-16-33-23/h3-6,15-16,18-21,24,29H,7-14,17H2,1-2H3/q+1. The number of hydrogen-bond acceptors (Lipinski definition) is 6. The molecule has 3 aliphatic rings. The summed E-state index contributed by atoms with van der Waals surface area (Å²) in [6.45, 7) is 2.97. The minimum Gasteiger partial charge on any atom is -0.459 e. The lowest BCUT2D eigenvalue weighted by molar-refractivity contribution is -0.920. The zero-order valence-electron chi connectivity index (χ0n) is 19.7. The third-order valence-electron chi connectivity index (χ3n) is 8.38. The zero-order chi connectivity index (χ0) is 23.1. The lowest BCUT2D eigenvalue weighted by Crippen LogP contribution is -2.53. The van der Waals surface area contributed by atoms with E-state index in [0.717, 1.165) is 43.0 Å². The van der Waals surface area contributed by atoms with Crippen LogP contribution in [0.1, 0.15) is 48.3 Å². The maximum absolute atomic E-state index is 13.5. The van der Waals surface area contributed by atoms with Gasteiger partial charge in [0.25, 0.3) is 0 Å². The number of thiophene rings is 2. The van der Waals surface area contributed by atoms with Crippen molar-refractivity contribution in [2.45, 2.75) is 56.3 Å². The number of rotatable bonds is 8.